The second-order valence-corrected chi connectivity index (χ2v) is 4.08. The number of anilines is 1. The molecule has 1 heterocycles. The summed E-state index contributed by atoms with van der Waals surface area (Å²) in [6.45, 7) is 3.77. The van der Waals surface area contributed by atoms with Gasteiger partial charge >= 0.3 is 0 Å². The number of benzene rings is 1. The lowest BCUT2D eigenvalue weighted by Crippen LogP contribution is -2.20. The Kier molecular flexibility index (Phi) is 3.27. The predicted octanol–water partition coefficient (Wildman–Crippen LogP) is 1.24. The predicted molar refractivity (Wildman–Crippen MR) is 66.2 cm³/mol. The lowest BCUT2D eigenvalue weighted by Gasteiger charge is -2.09. The molecular weight excluding hydrogens is 232 g/mol. The van der Waals surface area contributed by atoms with E-state index in [0.717, 1.165) is 11.3 Å². The van der Waals surface area contributed by atoms with Crippen LogP contribution in [0, 0.1) is 13.8 Å². The first kappa shape index (κ1) is 12.1. The van der Waals surface area contributed by atoms with Gasteiger partial charge in [-0.25, -0.2) is 4.68 Å². The summed E-state index contributed by atoms with van der Waals surface area (Å²) in [5.41, 5.74) is 2.31. The summed E-state index contributed by atoms with van der Waals surface area (Å²) in [4.78, 5) is 11.8. The maximum atomic E-state index is 11.8. The van der Waals surface area contributed by atoms with Gasteiger partial charge in [0.2, 0.25) is 5.91 Å². The zero-order valence-electron chi connectivity index (χ0n) is 10.2. The first-order valence-corrected chi connectivity index (χ1v) is 5.51. The minimum absolute atomic E-state index is 0.117. The number of phenols is 1. The Balaban J connectivity index is 2.05. The van der Waals surface area contributed by atoms with Gasteiger partial charge in [0.15, 0.2) is 0 Å². The number of carbonyl (C=O) groups is 1. The fourth-order valence-corrected chi connectivity index (χ4v) is 1.58. The smallest absolute Gasteiger partial charge is 0.246 e. The molecule has 0 aliphatic rings. The van der Waals surface area contributed by atoms with Crippen LogP contribution in [0.2, 0.25) is 0 Å². The van der Waals surface area contributed by atoms with Gasteiger partial charge in [-0.1, -0.05) is 5.21 Å². The molecule has 2 aromatic rings. The van der Waals surface area contributed by atoms with Gasteiger partial charge < -0.3 is 10.4 Å². The second kappa shape index (κ2) is 4.87. The first-order chi connectivity index (χ1) is 8.56. The van der Waals surface area contributed by atoms with Gasteiger partial charge in [0, 0.05) is 5.69 Å². The number of nitrogens with zero attached hydrogens (tertiary/aromatic N) is 3. The number of aromatic hydroxyl groups is 1. The number of hydrogen-bond acceptors (Lipinski definition) is 4. The third kappa shape index (κ3) is 2.65. The monoisotopic (exact) mass is 246 g/mol. The fourth-order valence-electron chi connectivity index (χ4n) is 1.58. The van der Waals surface area contributed by atoms with Gasteiger partial charge in [-0.05, 0) is 37.6 Å². The molecule has 0 atom stereocenters. The molecule has 0 bridgehead atoms. The van der Waals surface area contributed by atoms with Crippen LogP contribution >= 0.6 is 0 Å². The van der Waals surface area contributed by atoms with Crippen LogP contribution in [-0.2, 0) is 11.3 Å². The number of rotatable bonds is 3. The highest BCUT2D eigenvalue weighted by molar-refractivity contribution is 5.91. The van der Waals surface area contributed by atoms with Crippen LogP contribution in [0.1, 0.15) is 11.3 Å². The second-order valence-electron chi connectivity index (χ2n) is 4.08. The van der Waals surface area contributed by atoms with Gasteiger partial charge in [0.05, 0.1) is 11.9 Å². The summed E-state index contributed by atoms with van der Waals surface area (Å²) in [5.74, 6) is -0.00462. The van der Waals surface area contributed by atoms with E-state index in [2.05, 4.69) is 15.6 Å². The van der Waals surface area contributed by atoms with E-state index in [1.165, 1.54) is 10.7 Å². The Morgan fingerprint density at radius 2 is 2.22 bits per heavy atom. The molecule has 6 heteroatoms. The molecule has 18 heavy (non-hydrogen) atoms. The molecule has 2 rings (SSSR count). The van der Waals surface area contributed by atoms with Crippen molar-refractivity contribution >= 4 is 11.6 Å². The lowest BCUT2D eigenvalue weighted by atomic mass is 10.2. The van der Waals surface area contributed by atoms with Crippen molar-refractivity contribution in [3.05, 3.63) is 35.7 Å². The highest BCUT2D eigenvalue weighted by atomic mass is 16.3. The van der Waals surface area contributed by atoms with E-state index in [0.29, 0.717) is 5.69 Å². The maximum Gasteiger partial charge on any atom is 0.246 e. The van der Waals surface area contributed by atoms with Crippen LogP contribution in [0.5, 0.6) is 5.75 Å². The van der Waals surface area contributed by atoms with Gasteiger partial charge in [0.25, 0.3) is 0 Å². The van der Waals surface area contributed by atoms with Crippen molar-refractivity contribution in [1.29, 1.82) is 0 Å². The summed E-state index contributed by atoms with van der Waals surface area (Å²) in [6, 6.07) is 4.79. The van der Waals surface area contributed by atoms with E-state index < -0.39 is 0 Å². The van der Waals surface area contributed by atoms with Crippen molar-refractivity contribution in [1.82, 2.24) is 15.0 Å². The van der Waals surface area contributed by atoms with E-state index >= 15 is 0 Å². The summed E-state index contributed by atoms with van der Waals surface area (Å²) in [7, 11) is 0. The Hall–Kier alpha value is -2.37. The Labute approximate surface area is 104 Å². The van der Waals surface area contributed by atoms with E-state index in [-0.39, 0.29) is 18.2 Å². The molecule has 0 unspecified atom stereocenters. The van der Waals surface area contributed by atoms with Crippen LogP contribution in [0.25, 0.3) is 0 Å². The average molecular weight is 246 g/mol. The van der Waals surface area contributed by atoms with Crippen molar-refractivity contribution in [2.45, 2.75) is 20.4 Å². The molecule has 1 aromatic heterocycles. The number of amides is 1. The standard InChI is InChI=1S/C12H14N4O2/c1-8-5-10(17)3-4-11(8)14-12(18)7-16-9(2)6-13-15-16/h3-6,17H,7H2,1-2H3,(H,14,18). The molecule has 6 nitrogen and oxygen atoms in total. The number of hydrogen-bond donors (Lipinski definition) is 2. The summed E-state index contributed by atoms with van der Waals surface area (Å²) < 4.78 is 1.52. The molecule has 0 aliphatic carbocycles. The molecule has 0 saturated carbocycles. The molecule has 1 amide bonds. The number of aromatic nitrogens is 3. The van der Waals surface area contributed by atoms with Crippen molar-refractivity contribution in [2.24, 2.45) is 0 Å². The number of aryl methyl sites for hydroxylation is 2. The molecular formula is C12H14N4O2. The highest BCUT2D eigenvalue weighted by Gasteiger charge is 2.08. The Morgan fingerprint density at radius 3 is 2.83 bits per heavy atom. The molecule has 0 radical (unpaired) electrons. The van der Waals surface area contributed by atoms with Crippen LogP contribution in [0.15, 0.2) is 24.4 Å². The van der Waals surface area contributed by atoms with Crippen molar-refractivity contribution in [2.75, 3.05) is 5.32 Å². The van der Waals surface area contributed by atoms with Crippen LogP contribution in [-0.4, -0.2) is 26.0 Å². The maximum absolute atomic E-state index is 11.8. The normalized spacial score (nSPS) is 10.3. The zero-order valence-corrected chi connectivity index (χ0v) is 10.2. The summed E-state index contributed by atoms with van der Waals surface area (Å²) in [5, 5.41) is 19.6. The summed E-state index contributed by atoms with van der Waals surface area (Å²) in [6.07, 6.45) is 1.60. The molecule has 0 aliphatic heterocycles. The minimum atomic E-state index is -0.183. The Bertz CT molecular complexity index is 577. The number of nitrogens with one attached hydrogen (secondary N) is 1. The van der Waals surface area contributed by atoms with Crippen LogP contribution < -0.4 is 5.32 Å². The zero-order chi connectivity index (χ0) is 13.1. The van der Waals surface area contributed by atoms with E-state index in [9.17, 15) is 9.90 Å². The molecule has 0 spiro atoms. The molecule has 0 fully saturated rings. The SMILES string of the molecule is Cc1cc(O)ccc1NC(=O)Cn1nncc1C. The third-order valence-electron chi connectivity index (χ3n) is 2.59. The first-order valence-electron chi connectivity index (χ1n) is 5.51. The molecule has 0 saturated heterocycles. The third-order valence-corrected chi connectivity index (χ3v) is 2.59. The van der Waals surface area contributed by atoms with Crippen LogP contribution in [0.3, 0.4) is 0 Å². The van der Waals surface area contributed by atoms with E-state index in [1.54, 1.807) is 18.3 Å². The summed E-state index contributed by atoms with van der Waals surface area (Å²) >= 11 is 0. The molecule has 2 N–H and O–H groups in total. The van der Waals surface area contributed by atoms with Gasteiger partial charge in [0.1, 0.15) is 12.3 Å². The van der Waals surface area contributed by atoms with E-state index in [1.807, 2.05) is 13.8 Å². The largest absolute Gasteiger partial charge is 0.508 e. The Morgan fingerprint density at radius 1 is 1.44 bits per heavy atom. The molecule has 94 valence electrons. The number of phenolic OH excluding ortho intramolecular Hbond substituents is 1. The highest BCUT2D eigenvalue weighted by Crippen LogP contribution is 2.19. The van der Waals surface area contributed by atoms with Crippen molar-refractivity contribution < 1.29 is 9.90 Å². The van der Waals surface area contributed by atoms with Gasteiger partial charge in [-0.15, -0.1) is 5.10 Å². The molecule has 1 aromatic carbocycles. The topological polar surface area (TPSA) is 80.0 Å². The minimum Gasteiger partial charge on any atom is -0.508 e. The van der Waals surface area contributed by atoms with Crippen LogP contribution in [0.4, 0.5) is 5.69 Å². The van der Waals surface area contributed by atoms with Gasteiger partial charge in [-0.3, -0.25) is 4.79 Å². The van der Waals surface area contributed by atoms with Crippen molar-refractivity contribution in [3.63, 3.8) is 0 Å². The lowest BCUT2D eigenvalue weighted by molar-refractivity contribution is -0.117. The number of carbonyl (C=O) groups excluding carboxylic acids is 1. The van der Waals surface area contributed by atoms with Gasteiger partial charge in [-0.2, -0.15) is 0 Å². The van der Waals surface area contributed by atoms with E-state index in [4.69, 9.17) is 0 Å². The average Bonchev–Trinajstić information content (AvgIpc) is 2.69. The quantitative estimate of drug-likeness (QED) is 0.798. The fraction of sp³-hybridized carbons (Fsp3) is 0.250. The van der Waals surface area contributed by atoms with Crippen molar-refractivity contribution in [3.8, 4) is 5.75 Å².